The molecule has 3 heterocycles. The summed E-state index contributed by atoms with van der Waals surface area (Å²) >= 11 is 0. The summed E-state index contributed by atoms with van der Waals surface area (Å²) in [6.07, 6.45) is 5.61. The second-order valence-electron chi connectivity index (χ2n) is 6.36. The Labute approximate surface area is 142 Å². The maximum atomic E-state index is 4.40. The van der Waals surface area contributed by atoms with E-state index in [0.717, 1.165) is 31.7 Å². The van der Waals surface area contributed by atoms with E-state index in [1.807, 2.05) is 24.7 Å². The highest BCUT2D eigenvalue weighted by molar-refractivity contribution is 5.82. The molecule has 3 aromatic rings. The molecule has 1 atom stereocenters. The third-order valence-corrected chi connectivity index (χ3v) is 5.00. The minimum atomic E-state index is 0.441. The molecule has 0 bridgehead atoms. The van der Waals surface area contributed by atoms with Gasteiger partial charge in [-0.1, -0.05) is 6.07 Å². The zero-order valence-corrected chi connectivity index (χ0v) is 14.0. The van der Waals surface area contributed by atoms with E-state index >= 15 is 0 Å². The van der Waals surface area contributed by atoms with Crippen LogP contribution < -0.4 is 4.90 Å². The Morgan fingerprint density at radius 1 is 0.917 bits per heavy atom. The van der Waals surface area contributed by atoms with Gasteiger partial charge in [0.15, 0.2) is 0 Å². The van der Waals surface area contributed by atoms with Gasteiger partial charge in [0.25, 0.3) is 0 Å². The summed E-state index contributed by atoms with van der Waals surface area (Å²) < 4.78 is 0. The van der Waals surface area contributed by atoms with Gasteiger partial charge in [-0.05, 0) is 48.9 Å². The van der Waals surface area contributed by atoms with Crippen LogP contribution in [0.15, 0.2) is 61.1 Å². The smallest absolute Gasteiger partial charge is 0.0703 e. The molecule has 1 unspecified atom stereocenters. The summed E-state index contributed by atoms with van der Waals surface area (Å²) in [6, 6.07) is 15.4. The van der Waals surface area contributed by atoms with Crippen LogP contribution in [-0.2, 0) is 0 Å². The molecule has 0 amide bonds. The highest BCUT2D eigenvalue weighted by atomic mass is 15.3. The average Bonchev–Trinajstić information content (AvgIpc) is 2.68. The summed E-state index contributed by atoms with van der Waals surface area (Å²) in [7, 11) is 0. The van der Waals surface area contributed by atoms with Crippen LogP contribution in [-0.4, -0.2) is 41.0 Å². The minimum absolute atomic E-state index is 0.441. The van der Waals surface area contributed by atoms with Crippen molar-refractivity contribution in [2.45, 2.75) is 13.0 Å². The van der Waals surface area contributed by atoms with E-state index in [4.69, 9.17) is 0 Å². The quantitative estimate of drug-likeness (QED) is 0.740. The molecular weight excluding hydrogens is 296 g/mol. The second kappa shape index (κ2) is 6.57. The Bertz CT molecular complexity index is 810. The normalized spacial score (nSPS) is 17.1. The fourth-order valence-electron chi connectivity index (χ4n) is 3.48. The van der Waals surface area contributed by atoms with E-state index in [9.17, 15) is 0 Å². The van der Waals surface area contributed by atoms with Crippen LogP contribution in [0.4, 0.5) is 5.69 Å². The first kappa shape index (κ1) is 15.1. The summed E-state index contributed by atoms with van der Waals surface area (Å²) in [4.78, 5) is 13.5. The lowest BCUT2D eigenvalue weighted by molar-refractivity contribution is 0.198. The fraction of sp³-hybridized carbons (Fsp3) is 0.300. The van der Waals surface area contributed by atoms with Gasteiger partial charge in [-0.15, -0.1) is 0 Å². The molecule has 24 heavy (non-hydrogen) atoms. The Hall–Kier alpha value is -2.46. The first-order valence-corrected chi connectivity index (χ1v) is 8.55. The van der Waals surface area contributed by atoms with E-state index < -0.39 is 0 Å². The summed E-state index contributed by atoms with van der Waals surface area (Å²) in [5.41, 5.74) is 3.70. The van der Waals surface area contributed by atoms with Gasteiger partial charge in [-0.3, -0.25) is 14.9 Å². The number of rotatable bonds is 3. The van der Waals surface area contributed by atoms with Crippen LogP contribution in [0.25, 0.3) is 10.9 Å². The first-order valence-electron chi connectivity index (χ1n) is 8.55. The predicted octanol–water partition coefficient (Wildman–Crippen LogP) is 3.51. The van der Waals surface area contributed by atoms with Gasteiger partial charge in [0.05, 0.1) is 5.52 Å². The number of anilines is 1. The van der Waals surface area contributed by atoms with Crippen molar-refractivity contribution in [1.82, 2.24) is 14.9 Å². The third kappa shape index (κ3) is 2.97. The molecule has 4 heteroatoms. The fourth-order valence-corrected chi connectivity index (χ4v) is 3.48. The third-order valence-electron chi connectivity index (χ3n) is 5.00. The number of fused-ring (bicyclic) bond motifs is 1. The Morgan fingerprint density at radius 3 is 2.50 bits per heavy atom. The molecule has 0 aliphatic carbocycles. The molecule has 1 aliphatic heterocycles. The molecule has 0 spiro atoms. The largest absolute Gasteiger partial charge is 0.369 e. The monoisotopic (exact) mass is 318 g/mol. The minimum Gasteiger partial charge on any atom is -0.369 e. The first-order chi connectivity index (χ1) is 11.8. The van der Waals surface area contributed by atoms with Crippen molar-refractivity contribution in [3.8, 4) is 0 Å². The van der Waals surface area contributed by atoms with Crippen LogP contribution in [0.3, 0.4) is 0 Å². The maximum absolute atomic E-state index is 4.40. The van der Waals surface area contributed by atoms with Crippen LogP contribution in [0.5, 0.6) is 0 Å². The number of aromatic nitrogens is 2. The van der Waals surface area contributed by atoms with Crippen LogP contribution in [0, 0.1) is 0 Å². The Morgan fingerprint density at radius 2 is 1.71 bits per heavy atom. The molecule has 4 rings (SSSR count). The Balaban J connectivity index is 1.45. The molecule has 1 fully saturated rings. The van der Waals surface area contributed by atoms with Gasteiger partial charge >= 0.3 is 0 Å². The molecular formula is C20H22N4. The van der Waals surface area contributed by atoms with Crippen molar-refractivity contribution in [2.24, 2.45) is 0 Å². The number of nitrogens with zero attached hydrogens (tertiary/aromatic N) is 4. The summed E-state index contributed by atoms with van der Waals surface area (Å²) in [6.45, 7) is 6.55. The van der Waals surface area contributed by atoms with Gasteiger partial charge < -0.3 is 4.90 Å². The van der Waals surface area contributed by atoms with Crippen molar-refractivity contribution in [1.29, 1.82) is 0 Å². The lowest BCUT2D eigenvalue weighted by atomic mass is 10.1. The maximum Gasteiger partial charge on any atom is 0.0703 e. The van der Waals surface area contributed by atoms with Crippen molar-refractivity contribution in [3.63, 3.8) is 0 Å². The van der Waals surface area contributed by atoms with Gasteiger partial charge in [-0.25, -0.2) is 0 Å². The average molecular weight is 318 g/mol. The van der Waals surface area contributed by atoms with Gasteiger partial charge in [0.1, 0.15) is 0 Å². The molecule has 0 N–H and O–H groups in total. The zero-order valence-electron chi connectivity index (χ0n) is 14.0. The number of pyridine rings is 2. The van der Waals surface area contributed by atoms with Crippen molar-refractivity contribution in [3.05, 3.63) is 66.6 Å². The van der Waals surface area contributed by atoms with Crippen LogP contribution in [0.1, 0.15) is 18.5 Å². The van der Waals surface area contributed by atoms with Crippen molar-refractivity contribution >= 4 is 16.6 Å². The lowest BCUT2D eigenvalue weighted by Gasteiger charge is -2.39. The highest BCUT2D eigenvalue weighted by Crippen LogP contribution is 2.25. The van der Waals surface area contributed by atoms with Crippen LogP contribution in [0.2, 0.25) is 0 Å². The SMILES string of the molecule is CC(c1ccncc1)N1CCN(c2ccc3ncccc3c2)CC1. The predicted molar refractivity (Wildman–Crippen MR) is 98.2 cm³/mol. The number of benzene rings is 1. The lowest BCUT2D eigenvalue weighted by Crippen LogP contribution is -2.47. The molecule has 1 saturated heterocycles. The molecule has 122 valence electrons. The second-order valence-corrected chi connectivity index (χ2v) is 6.36. The topological polar surface area (TPSA) is 32.3 Å². The molecule has 0 radical (unpaired) electrons. The highest BCUT2D eigenvalue weighted by Gasteiger charge is 2.22. The number of hydrogen-bond donors (Lipinski definition) is 0. The van der Waals surface area contributed by atoms with Crippen molar-refractivity contribution < 1.29 is 0 Å². The van der Waals surface area contributed by atoms with E-state index in [0.29, 0.717) is 6.04 Å². The summed E-state index contributed by atoms with van der Waals surface area (Å²) in [5, 5.41) is 1.21. The van der Waals surface area contributed by atoms with E-state index in [1.165, 1.54) is 16.6 Å². The molecule has 1 aromatic carbocycles. The summed E-state index contributed by atoms with van der Waals surface area (Å²) in [5.74, 6) is 0. The van der Waals surface area contributed by atoms with E-state index in [-0.39, 0.29) is 0 Å². The zero-order chi connectivity index (χ0) is 16.4. The number of piperazine rings is 1. The molecule has 4 nitrogen and oxygen atoms in total. The van der Waals surface area contributed by atoms with Crippen molar-refractivity contribution in [2.75, 3.05) is 31.1 Å². The van der Waals surface area contributed by atoms with E-state index in [1.54, 1.807) is 0 Å². The molecule has 2 aromatic heterocycles. The van der Waals surface area contributed by atoms with Crippen LogP contribution >= 0.6 is 0 Å². The standard InChI is InChI=1S/C20H22N4/c1-16(17-6-9-21-10-7-17)23-11-13-24(14-12-23)19-4-5-20-18(15-19)3-2-8-22-20/h2-10,15-16H,11-14H2,1H3. The number of hydrogen-bond acceptors (Lipinski definition) is 4. The van der Waals surface area contributed by atoms with E-state index in [2.05, 4.69) is 63.1 Å². The van der Waals surface area contributed by atoms with Gasteiger partial charge in [0.2, 0.25) is 0 Å². The van der Waals surface area contributed by atoms with Gasteiger partial charge in [0, 0.05) is 61.9 Å². The molecule has 0 saturated carbocycles. The van der Waals surface area contributed by atoms with Gasteiger partial charge in [-0.2, -0.15) is 0 Å². The molecule has 1 aliphatic rings. The Kier molecular flexibility index (Phi) is 4.13.